The van der Waals surface area contributed by atoms with E-state index >= 15 is 0 Å². The Morgan fingerprint density at radius 3 is 2.74 bits per heavy atom. The molecule has 0 aliphatic heterocycles. The molecule has 1 aromatic heterocycles. The molecule has 106 valence electrons. The third kappa shape index (κ3) is 8.15. The summed E-state index contributed by atoms with van der Waals surface area (Å²) in [5.74, 6) is 1.05. The van der Waals surface area contributed by atoms with Crippen LogP contribution in [0, 0.1) is 0 Å². The smallest absolute Gasteiger partial charge is 0.220 e. The summed E-state index contributed by atoms with van der Waals surface area (Å²) in [5, 5.41) is 9.20. The van der Waals surface area contributed by atoms with Gasteiger partial charge in [-0.3, -0.25) is 4.79 Å². The SMILES string of the molecule is CNCCCC(=O)NCCCCNc1ccccn1. The van der Waals surface area contributed by atoms with Crippen LogP contribution in [-0.2, 0) is 4.79 Å². The van der Waals surface area contributed by atoms with Crippen molar-refractivity contribution in [1.29, 1.82) is 0 Å². The van der Waals surface area contributed by atoms with Gasteiger partial charge in [0.05, 0.1) is 0 Å². The van der Waals surface area contributed by atoms with Crippen molar-refractivity contribution in [2.45, 2.75) is 25.7 Å². The lowest BCUT2D eigenvalue weighted by atomic mass is 10.2. The van der Waals surface area contributed by atoms with Gasteiger partial charge in [-0.15, -0.1) is 0 Å². The highest BCUT2D eigenvalue weighted by Gasteiger charge is 1.99. The summed E-state index contributed by atoms with van der Waals surface area (Å²) in [6.07, 6.45) is 5.27. The minimum atomic E-state index is 0.146. The molecule has 1 aromatic rings. The van der Waals surface area contributed by atoms with Crippen molar-refractivity contribution < 1.29 is 4.79 Å². The van der Waals surface area contributed by atoms with Crippen molar-refractivity contribution in [2.75, 3.05) is 32.0 Å². The summed E-state index contributed by atoms with van der Waals surface area (Å²) in [4.78, 5) is 15.6. The summed E-state index contributed by atoms with van der Waals surface area (Å²) in [6, 6.07) is 5.80. The van der Waals surface area contributed by atoms with Crippen LogP contribution in [0.3, 0.4) is 0 Å². The first-order valence-corrected chi connectivity index (χ1v) is 6.89. The molecule has 5 nitrogen and oxygen atoms in total. The number of aromatic nitrogens is 1. The first kappa shape index (κ1) is 15.4. The number of amides is 1. The van der Waals surface area contributed by atoms with Gasteiger partial charge in [0.1, 0.15) is 5.82 Å². The number of unbranched alkanes of at least 4 members (excludes halogenated alkanes) is 1. The van der Waals surface area contributed by atoms with Crippen LogP contribution < -0.4 is 16.0 Å². The van der Waals surface area contributed by atoms with Gasteiger partial charge in [0, 0.05) is 25.7 Å². The molecule has 1 amide bonds. The Morgan fingerprint density at radius 2 is 2.00 bits per heavy atom. The number of anilines is 1. The van der Waals surface area contributed by atoms with Gasteiger partial charge >= 0.3 is 0 Å². The van der Waals surface area contributed by atoms with E-state index in [-0.39, 0.29) is 5.91 Å². The molecule has 0 aliphatic carbocycles. The zero-order valence-electron chi connectivity index (χ0n) is 11.6. The lowest BCUT2D eigenvalue weighted by Gasteiger charge is -2.06. The summed E-state index contributed by atoms with van der Waals surface area (Å²) in [5.41, 5.74) is 0. The predicted molar refractivity (Wildman–Crippen MR) is 78.1 cm³/mol. The van der Waals surface area contributed by atoms with Crippen LogP contribution in [0.5, 0.6) is 0 Å². The second-order valence-electron chi connectivity index (χ2n) is 4.41. The lowest BCUT2D eigenvalue weighted by molar-refractivity contribution is -0.121. The van der Waals surface area contributed by atoms with E-state index in [1.807, 2.05) is 25.2 Å². The summed E-state index contributed by atoms with van der Waals surface area (Å²) >= 11 is 0. The minimum Gasteiger partial charge on any atom is -0.370 e. The summed E-state index contributed by atoms with van der Waals surface area (Å²) in [6.45, 7) is 2.52. The third-order valence-corrected chi connectivity index (χ3v) is 2.73. The molecular formula is C14H24N4O. The number of carbonyl (C=O) groups is 1. The van der Waals surface area contributed by atoms with E-state index < -0.39 is 0 Å². The van der Waals surface area contributed by atoms with Gasteiger partial charge < -0.3 is 16.0 Å². The Kier molecular flexibility index (Phi) is 8.38. The van der Waals surface area contributed by atoms with Crippen LogP contribution in [0.2, 0.25) is 0 Å². The Labute approximate surface area is 115 Å². The number of rotatable bonds is 10. The Morgan fingerprint density at radius 1 is 1.16 bits per heavy atom. The van der Waals surface area contributed by atoms with E-state index in [4.69, 9.17) is 0 Å². The Bertz CT molecular complexity index is 343. The van der Waals surface area contributed by atoms with E-state index in [2.05, 4.69) is 20.9 Å². The van der Waals surface area contributed by atoms with Crippen molar-refractivity contribution >= 4 is 11.7 Å². The van der Waals surface area contributed by atoms with Crippen LogP contribution in [0.25, 0.3) is 0 Å². The van der Waals surface area contributed by atoms with Gasteiger partial charge in [-0.05, 0) is 45.0 Å². The molecule has 0 saturated heterocycles. The lowest BCUT2D eigenvalue weighted by Crippen LogP contribution is -2.25. The maximum atomic E-state index is 11.4. The molecule has 0 spiro atoms. The maximum absolute atomic E-state index is 11.4. The minimum absolute atomic E-state index is 0.146. The molecule has 0 radical (unpaired) electrons. The van der Waals surface area contributed by atoms with Gasteiger partial charge in [-0.25, -0.2) is 4.98 Å². The first-order valence-electron chi connectivity index (χ1n) is 6.89. The monoisotopic (exact) mass is 264 g/mol. The molecule has 1 rings (SSSR count). The highest BCUT2D eigenvalue weighted by atomic mass is 16.1. The molecule has 0 aromatic carbocycles. The zero-order valence-corrected chi connectivity index (χ0v) is 11.6. The average molecular weight is 264 g/mol. The Hall–Kier alpha value is -1.62. The third-order valence-electron chi connectivity index (χ3n) is 2.73. The van der Waals surface area contributed by atoms with Gasteiger partial charge in [0.2, 0.25) is 5.91 Å². The topological polar surface area (TPSA) is 66.1 Å². The number of carbonyl (C=O) groups excluding carboxylic acids is 1. The molecule has 0 unspecified atom stereocenters. The number of hydrogen-bond acceptors (Lipinski definition) is 4. The summed E-state index contributed by atoms with van der Waals surface area (Å²) in [7, 11) is 1.90. The fourth-order valence-corrected chi connectivity index (χ4v) is 1.68. The van der Waals surface area contributed by atoms with Crippen molar-refractivity contribution in [2.24, 2.45) is 0 Å². The van der Waals surface area contributed by atoms with E-state index in [9.17, 15) is 4.79 Å². The number of hydrogen-bond donors (Lipinski definition) is 3. The van der Waals surface area contributed by atoms with Crippen LogP contribution in [0.1, 0.15) is 25.7 Å². The molecule has 0 fully saturated rings. The standard InChI is InChI=1S/C14H24N4O/c1-15-9-6-8-14(19)18-12-5-4-11-17-13-7-2-3-10-16-13/h2-3,7,10,15H,4-6,8-9,11-12H2,1H3,(H,16,17)(H,18,19). The molecule has 1 heterocycles. The number of pyridine rings is 1. The fraction of sp³-hybridized carbons (Fsp3) is 0.571. The first-order chi connectivity index (χ1) is 9.33. The number of nitrogens with one attached hydrogen (secondary N) is 3. The van der Waals surface area contributed by atoms with Crippen molar-refractivity contribution in [3.8, 4) is 0 Å². The molecule has 0 bridgehead atoms. The largest absolute Gasteiger partial charge is 0.370 e. The highest BCUT2D eigenvalue weighted by Crippen LogP contribution is 2.00. The van der Waals surface area contributed by atoms with Crippen molar-refractivity contribution in [1.82, 2.24) is 15.6 Å². The number of nitrogens with zero attached hydrogens (tertiary/aromatic N) is 1. The van der Waals surface area contributed by atoms with E-state index in [1.165, 1.54) is 0 Å². The average Bonchev–Trinajstić information content (AvgIpc) is 2.44. The van der Waals surface area contributed by atoms with Crippen LogP contribution in [0.15, 0.2) is 24.4 Å². The predicted octanol–water partition coefficient (Wildman–Crippen LogP) is 1.39. The van der Waals surface area contributed by atoms with Crippen molar-refractivity contribution in [3.05, 3.63) is 24.4 Å². The molecule has 3 N–H and O–H groups in total. The van der Waals surface area contributed by atoms with Crippen LogP contribution in [0.4, 0.5) is 5.82 Å². The van der Waals surface area contributed by atoms with Gasteiger partial charge in [0.15, 0.2) is 0 Å². The normalized spacial score (nSPS) is 10.2. The zero-order chi connectivity index (χ0) is 13.8. The molecule has 5 heteroatoms. The quantitative estimate of drug-likeness (QED) is 0.559. The molecular weight excluding hydrogens is 240 g/mol. The summed E-state index contributed by atoms with van der Waals surface area (Å²) < 4.78 is 0. The van der Waals surface area contributed by atoms with Crippen LogP contribution in [-0.4, -0.2) is 37.6 Å². The van der Waals surface area contributed by atoms with E-state index in [1.54, 1.807) is 6.20 Å². The molecule has 19 heavy (non-hydrogen) atoms. The second-order valence-corrected chi connectivity index (χ2v) is 4.41. The Balaban J connectivity index is 1.92. The van der Waals surface area contributed by atoms with Gasteiger partial charge in [0.25, 0.3) is 0 Å². The van der Waals surface area contributed by atoms with Crippen molar-refractivity contribution in [3.63, 3.8) is 0 Å². The van der Waals surface area contributed by atoms with E-state index in [0.717, 1.165) is 44.7 Å². The highest BCUT2D eigenvalue weighted by molar-refractivity contribution is 5.75. The molecule has 0 atom stereocenters. The van der Waals surface area contributed by atoms with Gasteiger partial charge in [-0.1, -0.05) is 6.07 Å². The maximum Gasteiger partial charge on any atom is 0.220 e. The fourth-order valence-electron chi connectivity index (χ4n) is 1.68. The molecule has 0 saturated carbocycles. The van der Waals surface area contributed by atoms with E-state index in [0.29, 0.717) is 6.42 Å². The second kappa shape index (κ2) is 10.3. The van der Waals surface area contributed by atoms with Crippen LogP contribution >= 0.6 is 0 Å². The van der Waals surface area contributed by atoms with Gasteiger partial charge in [-0.2, -0.15) is 0 Å². The molecule has 0 aliphatic rings.